The maximum absolute atomic E-state index is 6.07. The molecule has 3 heteroatoms. The molecule has 0 bridgehead atoms. The van der Waals surface area contributed by atoms with E-state index in [2.05, 4.69) is 19.9 Å². The lowest BCUT2D eigenvalue weighted by Gasteiger charge is -2.24. The highest BCUT2D eigenvalue weighted by molar-refractivity contribution is 6.30. The van der Waals surface area contributed by atoms with Gasteiger partial charge >= 0.3 is 0 Å². The maximum Gasteiger partial charge on any atom is 0.0409 e. The molecule has 2 rings (SSSR count). The van der Waals surface area contributed by atoms with Gasteiger partial charge in [0.1, 0.15) is 0 Å². The summed E-state index contributed by atoms with van der Waals surface area (Å²) in [6.45, 7) is 4.36. The van der Waals surface area contributed by atoms with Gasteiger partial charge in [0, 0.05) is 16.5 Å². The Morgan fingerprint density at radius 3 is 2.71 bits per heavy atom. The summed E-state index contributed by atoms with van der Waals surface area (Å²) >= 11 is 5.96. The molecule has 1 aliphatic carbocycles. The highest BCUT2D eigenvalue weighted by Crippen LogP contribution is 2.38. The summed E-state index contributed by atoms with van der Waals surface area (Å²) in [5.41, 5.74) is 8.80. The number of nitrogens with two attached hydrogens (primary N) is 1. The van der Waals surface area contributed by atoms with E-state index in [-0.39, 0.29) is 23.9 Å². The van der Waals surface area contributed by atoms with Crippen molar-refractivity contribution in [2.75, 3.05) is 0 Å². The van der Waals surface area contributed by atoms with Gasteiger partial charge in [-0.2, -0.15) is 0 Å². The molecule has 0 spiro atoms. The molecular weight excluding hydrogens is 217 g/mol. The average Bonchev–Trinajstić information content (AvgIpc) is 2.27. The minimum atomic E-state index is 0. The molecule has 0 amide bonds. The van der Waals surface area contributed by atoms with E-state index in [1.807, 2.05) is 12.1 Å². The Hall–Kier alpha value is -0.240. The van der Waals surface area contributed by atoms with Gasteiger partial charge in [-0.15, -0.1) is 12.4 Å². The molecule has 0 saturated heterocycles. The summed E-state index contributed by atoms with van der Waals surface area (Å²) in [4.78, 5) is 0. The second kappa shape index (κ2) is 3.73. The lowest BCUT2D eigenvalue weighted by atomic mass is 9.83. The van der Waals surface area contributed by atoms with Crippen LogP contribution >= 0.6 is 24.0 Å². The molecule has 1 aromatic carbocycles. The minimum absolute atomic E-state index is 0. The highest BCUT2D eigenvalue weighted by atomic mass is 35.5. The number of halogens is 2. The second-order valence-electron chi connectivity index (χ2n) is 4.33. The van der Waals surface area contributed by atoms with Crippen LogP contribution in [0.1, 0.15) is 25.0 Å². The number of hydrogen-bond donors (Lipinski definition) is 1. The molecule has 0 saturated carbocycles. The monoisotopic (exact) mass is 231 g/mol. The third-order valence-electron chi connectivity index (χ3n) is 3.13. The lowest BCUT2D eigenvalue weighted by molar-refractivity contribution is 0.445. The molecular formula is C11H15Cl2N. The standard InChI is InChI=1S/C11H14ClN.ClH/c1-11(2)9-6-8(12)4-3-7(9)5-10(11)13;/h3-4,6,10H,5,13H2,1-2H3;1H. The molecule has 2 N–H and O–H groups in total. The predicted molar refractivity (Wildman–Crippen MR) is 63.4 cm³/mol. The van der Waals surface area contributed by atoms with Crippen molar-refractivity contribution in [2.45, 2.75) is 31.7 Å². The van der Waals surface area contributed by atoms with E-state index >= 15 is 0 Å². The van der Waals surface area contributed by atoms with E-state index in [9.17, 15) is 0 Å². The molecule has 1 atom stereocenters. The van der Waals surface area contributed by atoms with Gasteiger partial charge in [-0.05, 0) is 29.7 Å². The molecule has 0 aliphatic heterocycles. The molecule has 1 aliphatic rings. The molecule has 0 aromatic heterocycles. The zero-order valence-electron chi connectivity index (χ0n) is 8.38. The quantitative estimate of drug-likeness (QED) is 0.731. The Labute approximate surface area is 96.0 Å². The summed E-state index contributed by atoms with van der Waals surface area (Å²) in [6.07, 6.45) is 0.972. The van der Waals surface area contributed by atoms with E-state index in [0.717, 1.165) is 11.4 Å². The lowest BCUT2D eigenvalue weighted by Crippen LogP contribution is -2.36. The van der Waals surface area contributed by atoms with Gasteiger partial charge in [-0.3, -0.25) is 0 Å². The van der Waals surface area contributed by atoms with Crippen LogP contribution in [0.15, 0.2) is 18.2 Å². The first kappa shape index (κ1) is 11.8. The predicted octanol–water partition coefficient (Wildman–Crippen LogP) is 2.92. The van der Waals surface area contributed by atoms with Crippen molar-refractivity contribution in [1.29, 1.82) is 0 Å². The SMILES string of the molecule is CC1(C)c2cc(Cl)ccc2CC1N.Cl. The van der Waals surface area contributed by atoms with Crippen LogP contribution in [-0.4, -0.2) is 6.04 Å². The highest BCUT2D eigenvalue weighted by Gasteiger charge is 2.36. The molecule has 1 nitrogen and oxygen atoms in total. The number of hydrogen-bond acceptors (Lipinski definition) is 1. The van der Waals surface area contributed by atoms with Gasteiger partial charge in [0.15, 0.2) is 0 Å². The van der Waals surface area contributed by atoms with Crippen LogP contribution in [-0.2, 0) is 11.8 Å². The first-order chi connectivity index (χ1) is 6.01. The molecule has 14 heavy (non-hydrogen) atoms. The van der Waals surface area contributed by atoms with Gasteiger partial charge < -0.3 is 5.73 Å². The zero-order chi connectivity index (χ0) is 9.64. The van der Waals surface area contributed by atoms with Crippen molar-refractivity contribution >= 4 is 24.0 Å². The maximum atomic E-state index is 6.07. The largest absolute Gasteiger partial charge is 0.327 e. The van der Waals surface area contributed by atoms with Gasteiger partial charge in [0.05, 0.1) is 0 Å². The van der Waals surface area contributed by atoms with Crippen molar-refractivity contribution in [1.82, 2.24) is 0 Å². The van der Waals surface area contributed by atoms with Crippen molar-refractivity contribution < 1.29 is 0 Å². The molecule has 0 heterocycles. The normalized spacial score (nSPS) is 22.7. The number of rotatable bonds is 0. The minimum Gasteiger partial charge on any atom is -0.327 e. The first-order valence-electron chi connectivity index (χ1n) is 4.56. The smallest absolute Gasteiger partial charge is 0.0409 e. The van der Waals surface area contributed by atoms with E-state index < -0.39 is 0 Å². The Bertz CT molecular complexity index is 347. The van der Waals surface area contributed by atoms with Gasteiger partial charge in [0.25, 0.3) is 0 Å². The first-order valence-corrected chi connectivity index (χ1v) is 4.94. The second-order valence-corrected chi connectivity index (χ2v) is 4.77. The summed E-state index contributed by atoms with van der Waals surface area (Å²) in [5, 5.41) is 0.806. The third kappa shape index (κ3) is 1.65. The van der Waals surface area contributed by atoms with E-state index in [1.54, 1.807) is 0 Å². The number of benzene rings is 1. The summed E-state index contributed by atoms with van der Waals surface area (Å²) in [6, 6.07) is 6.30. The average molecular weight is 232 g/mol. The summed E-state index contributed by atoms with van der Waals surface area (Å²) in [7, 11) is 0. The van der Waals surface area contributed by atoms with Crippen molar-refractivity contribution in [3.8, 4) is 0 Å². The van der Waals surface area contributed by atoms with Crippen LogP contribution in [0.3, 0.4) is 0 Å². The van der Waals surface area contributed by atoms with Crippen LogP contribution in [0.5, 0.6) is 0 Å². The summed E-state index contributed by atoms with van der Waals surface area (Å²) in [5.74, 6) is 0. The van der Waals surface area contributed by atoms with Crippen molar-refractivity contribution in [2.24, 2.45) is 5.73 Å². The van der Waals surface area contributed by atoms with Crippen LogP contribution in [0.2, 0.25) is 5.02 Å². The number of fused-ring (bicyclic) bond motifs is 1. The molecule has 0 radical (unpaired) electrons. The fraction of sp³-hybridized carbons (Fsp3) is 0.455. The zero-order valence-corrected chi connectivity index (χ0v) is 9.95. The Balaban J connectivity index is 0.000000980. The van der Waals surface area contributed by atoms with E-state index in [4.69, 9.17) is 17.3 Å². The molecule has 1 unspecified atom stereocenters. The summed E-state index contributed by atoms with van der Waals surface area (Å²) < 4.78 is 0. The third-order valence-corrected chi connectivity index (χ3v) is 3.37. The van der Waals surface area contributed by atoms with Gasteiger partial charge in [-0.25, -0.2) is 0 Å². The van der Waals surface area contributed by atoms with Gasteiger partial charge in [0.2, 0.25) is 0 Å². The van der Waals surface area contributed by atoms with Crippen molar-refractivity contribution in [3.05, 3.63) is 34.3 Å². The topological polar surface area (TPSA) is 26.0 Å². The fourth-order valence-corrected chi connectivity index (χ4v) is 2.19. The van der Waals surface area contributed by atoms with Crippen LogP contribution in [0.4, 0.5) is 0 Å². The van der Waals surface area contributed by atoms with Gasteiger partial charge in [-0.1, -0.05) is 31.5 Å². The van der Waals surface area contributed by atoms with E-state index in [0.29, 0.717) is 0 Å². The Kier molecular flexibility index (Phi) is 3.15. The fourth-order valence-electron chi connectivity index (χ4n) is 2.02. The Morgan fingerprint density at radius 1 is 1.43 bits per heavy atom. The van der Waals surface area contributed by atoms with Crippen LogP contribution in [0, 0.1) is 0 Å². The van der Waals surface area contributed by atoms with Crippen LogP contribution in [0.25, 0.3) is 0 Å². The molecule has 1 aromatic rings. The molecule has 0 fully saturated rings. The van der Waals surface area contributed by atoms with Crippen molar-refractivity contribution in [3.63, 3.8) is 0 Å². The molecule has 78 valence electrons. The Morgan fingerprint density at radius 2 is 2.07 bits per heavy atom. The van der Waals surface area contributed by atoms with Crippen LogP contribution < -0.4 is 5.73 Å². The van der Waals surface area contributed by atoms with E-state index in [1.165, 1.54) is 11.1 Å².